The highest BCUT2D eigenvalue weighted by molar-refractivity contribution is 6.23. The van der Waals surface area contributed by atoms with Gasteiger partial charge in [0.2, 0.25) is 5.78 Å². The molecule has 2 aliphatic rings. The van der Waals surface area contributed by atoms with Gasteiger partial charge < -0.3 is 0 Å². The van der Waals surface area contributed by atoms with Crippen LogP contribution in [0.15, 0.2) is 48.1 Å². The molecular formula is C13H7O+. The van der Waals surface area contributed by atoms with Gasteiger partial charge in [-0.25, -0.2) is 0 Å². The second-order valence-corrected chi connectivity index (χ2v) is 3.35. The minimum Gasteiger partial charge on any atom is -0.272 e. The van der Waals surface area contributed by atoms with E-state index in [-0.39, 0.29) is 5.78 Å². The first-order chi connectivity index (χ1) is 6.88. The van der Waals surface area contributed by atoms with Crippen LogP contribution in [0.2, 0.25) is 0 Å². The SMILES string of the molecule is O=C1C2=C(C=C[C+]=C2)c2ccccc21. The lowest BCUT2D eigenvalue weighted by Crippen LogP contribution is -1.96. The van der Waals surface area contributed by atoms with Gasteiger partial charge in [-0.2, -0.15) is 0 Å². The summed E-state index contributed by atoms with van der Waals surface area (Å²) in [5.41, 5.74) is 3.65. The van der Waals surface area contributed by atoms with E-state index in [4.69, 9.17) is 0 Å². The van der Waals surface area contributed by atoms with Crippen LogP contribution in [0.3, 0.4) is 0 Å². The summed E-state index contributed by atoms with van der Waals surface area (Å²) in [7, 11) is 0. The van der Waals surface area contributed by atoms with E-state index in [9.17, 15) is 4.79 Å². The number of carbonyl (C=O) groups excluding carboxylic acids is 1. The first-order valence-electron chi connectivity index (χ1n) is 4.52. The minimum absolute atomic E-state index is 0.118. The molecule has 0 unspecified atom stereocenters. The van der Waals surface area contributed by atoms with Crippen LogP contribution in [-0.2, 0) is 0 Å². The Balaban J connectivity index is 2.34. The second-order valence-electron chi connectivity index (χ2n) is 3.35. The largest absolute Gasteiger partial charge is 0.272 e. The number of fused-ring (bicyclic) bond motifs is 2. The Kier molecular flexibility index (Phi) is 1.33. The summed E-state index contributed by atoms with van der Waals surface area (Å²) >= 11 is 0. The summed E-state index contributed by atoms with van der Waals surface area (Å²) in [5.74, 6) is 0.118. The van der Waals surface area contributed by atoms with E-state index < -0.39 is 0 Å². The number of benzene rings is 1. The van der Waals surface area contributed by atoms with Crippen LogP contribution < -0.4 is 0 Å². The first kappa shape index (κ1) is 7.43. The van der Waals surface area contributed by atoms with Crippen molar-refractivity contribution in [3.05, 3.63) is 65.3 Å². The molecule has 0 N–H and O–H groups in total. The summed E-state index contributed by atoms with van der Waals surface area (Å²) in [4.78, 5) is 11.9. The molecule has 0 atom stereocenters. The molecule has 0 amide bonds. The fourth-order valence-corrected chi connectivity index (χ4v) is 1.91. The van der Waals surface area contributed by atoms with E-state index in [2.05, 4.69) is 6.08 Å². The highest BCUT2D eigenvalue weighted by Gasteiger charge is 2.33. The van der Waals surface area contributed by atoms with Crippen LogP contribution in [0.5, 0.6) is 0 Å². The average molecular weight is 179 g/mol. The lowest BCUT2D eigenvalue weighted by Gasteiger charge is -1.94. The summed E-state index contributed by atoms with van der Waals surface area (Å²) in [6.45, 7) is 0. The predicted molar refractivity (Wildman–Crippen MR) is 54.6 cm³/mol. The molecule has 0 aromatic heterocycles. The number of carbonyl (C=O) groups is 1. The fraction of sp³-hybridized carbons (Fsp3) is 0. The molecule has 0 spiro atoms. The molecule has 0 saturated carbocycles. The zero-order valence-corrected chi connectivity index (χ0v) is 7.45. The molecule has 1 aromatic carbocycles. The molecular weight excluding hydrogens is 172 g/mol. The van der Waals surface area contributed by atoms with Crippen LogP contribution in [0.1, 0.15) is 15.9 Å². The Bertz CT molecular complexity index is 516. The normalized spacial score (nSPS) is 16.7. The smallest absolute Gasteiger partial charge is 0.250 e. The topological polar surface area (TPSA) is 17.1 Å². The maximum atomic E-state index is 11.9. The molecule has 0 aliphatic heterocycles. The summed E-state index contributed by atoms with van der Waals surface area (Å²) in [6, 6.07) is 7.71. The van der Waals surface area contributed by atoms with E-state index in [1.54, 1.807) is 6.08 Å². The van der Waals surface area contributed by atoms with Gasteiger partial charge in [-0.1, -0.05) is 18.2 Å². The number of hydrogen-bond donors (Lipinski definition) is 0. The third-order valence-corrected chi connectivity index (χ3v) is 2.57. The monoisotopic (exact) mass is 179 g/mol. The molecule has 0 radical (unpaired) electrons. The molecule has 0 bridgehead atoms. The maximum absolute atomic E-state index is 11.9. The van der Waals surface area contributed by atoms with Crippen molar-refractivity contribution in [3.63, 3.8) is 0 Å². The van der Waals surface area contributed by atoms with Crippen molar-refractivity contribution in [2.75, 3.05) is 0 Å². The first-order valence-corrected chi connectivity index (χ1v) is 4.52. The Morgan fingerprint density at radius 3 is 2.64 bits per heavy atom. The Morgan fingerprint density at radius 2 is 1.79 bits per heavy atom. The number of rotatable bonds is 0. The number of hydrogen-bond acceptors (Lipinski definition) is 1. The van der Waals surface area contributed by atoms with Gasteiger partial charge in [-0.15, -0.1) is 0 Å². The molecule has 3 rings (SSSR count). The Hall–Kier alpha value is -1.98. The highest BCUT2D eigenvalue weighted by atomic mass is 16.1. The minimum atomic E-state index is 0.118. The molecule has 64 valence electrons. The van der Waals surface area contributed by atoms with Crippen LogP contribution in [-0.4, -0.2) is 5.78 Å². The summed E-state index contributed by atoms with van der Waals surface area (Å²) in [6.07, 6.45) is 8.48. The van der Waals surface area contributed by atoms with Crippen molar-refractivity contribution in [1.82, 2.24) is 0 Å². The quantitative estimate of drug-likeness (QED) is 0.559. The zero-order valence-electron chi connectivity index (χ0n) is 7.45. The average Bonchev–Trinajstić information content (AvgIpc) is 2.55. The lowest BCUT2D eigenvalue weighted by atomic mass is 10.0. The van der Waals surface area contributed by atoms with Crippen LogP contribution in [0.25, 0.3) is 5.57 Å². The molecule has 0 saturated heterocycles. The third-order valence-electron chi connectivity index (χ3n) is 2.57. The van der Waals surface area contributed by atoms with Gasteiger partial charge in [0.05, 0.1) is 6.08 Å². The van der Waals surface area contributed by atoms with Gasteiger partial charge in [0.15, 0.2) is 0 Å². The van der Waals surface area contributed by atoms with Gasteiger partial charge >= 0.3 is 0 Å². The Labute approximate surface area is 82.1 Å². The predicted octanol–water partition coefficient (Wildman–Crippen LogP) is 2.57. The van der Waals surface area contributed by atoms with Crippen molar-refractivity contribution in [3.8, 4) is 0 Å². The molecule has 14 heavy (non-hydrogen) atoms. The van der Waals surface area contributed by atoms with Crippen LogP contribution in [0.4, 0.5) is 0 Å². The van der Waals surface area contributed by atoms with E-state index in [0.717, 1.165) is 22.3 Å². The third kappa shape index (κ3) is 0.795. The van der Waals surface area contributed by atoms with Gasteiger partial charge in [0.25, 0.3) is 0 Å². The highest BCUT2D eigenvalue weighted by Crippen LogP contribution is 2.35. The Morgan fingerprint density at radius 1 is 1.00 bits per heavy atom. The standard InChI is InChI=1S/C13H7O/c14-13-11-7-3-1-5-9(11)10-6-2-4-8-12(10)13/h1-3,5-8H/q+1. The summed E-state index contributed by atoms with van der Waals surface area (Å²) in [5, 5.41) is 0. The lowest BCUT2D eigenvalue weighted by molar-refractivity contribution is 0.104. The number of allylic oxidation sites excluding steroid dienone is 6. The van der Waals surface area contributed by atoms with Gasteiger partial charge in [-0.05, 0) is 6.07 Å². The van der Waals surface area contributed by atoms with E-state index in [1.165, 1.54) is 0 Å². The van der Waals surface area contributed by atoms with E-state index in [0.29, 0.717) is 0 Å². The second kappa shape index (κ2) is 2.50. The molecule has 0 heterocycles. The molecule has 1 aromatic rings. The number of Topliss-reactive ketones (excluding diaryl/α,β-unsaturated/α-hetero) is 1. The van der Waals surface area contributed by atoms with Crippen LogP contribution in [0, 0.1) is 6.08 Å². The molecule has 0 fully saturated rings. The van der Waals surface area contributed by atoms with E-state index in [1.807, 2.05) is 36.4 Å². The molecule has 2 aliphatic carbocycles. The van der Waals surface area contributed by atoms with Gasteiger partial charge in [0, 0.05) is 17.2 Å². The summed E-state index contributed by atoms with van der Waals surface area (Å²) < 4.78 is 0. The van der Waals surface area contributed by atoms with Gasteiger partial charge in [-0.3, -0.25) is 4.79 Å². The van der Waals surface area contributed by atoms with E-state index >= 15 is 0 Å². The van der Waals surface area contributed by atoms with Crippen molar-refractivity contribution >= 4 is 11.4 Å². The number of ketones is 1. The fourth-order valence-electron chi connectivity index (χ4n) is 1.91. The van der Waals surface area contributed by atoms with Crippen molar-refractivity contribution in [2.45, 2.75) is 0 Å². The van der Waals surface area contributed by atoms with Crippen LogP contribution >= 0.6 is 0 Å². The van der Waals surface area contributed by atoms with Gasteiger partial charge in [0.1, 0.15) is 23.3 Å². The zero-order chi connectivity index (χ0) is 9.54. The van der Waals surface area contributed by atoms with Crippen molar-refractivity contribution in [2.24, 2.45) is 0 Å². The molecule has 1 heteroatoms. The molecule has 1 nitrogen and oxygen atoms in total. The maximum Gasteiger partial charge on any atom is 0.250 e. The van der Waals surface area contributed by atoms with Crippen molar-refractivity contribution in [1.29, 1.82) is 0 Å². The van der Waals surface area contributed by atoms with Crippen molar-refractivity contribution < 1.29 is 4.79 Å².